The number of hydrogen-bond acceptors (Lipinski definition) is 7. The lowest BCUT2D eigenvalue weighted by molar-refractivity contribution is -0.134. The predicted molar refractivity (Wildman–Crippen MR) is 123 cm³/mol. The maximum atomic E-state index is 12.6. The molecule has 0 bridgehead atoms. The first kappa shape index (κ1) is 22.5. The normalized spacial score (nSPS) is 21.2. The zero-order chi connectivity index (χ0) is 22.6. The molecule has 0 aliphatic carbocycles. The molecule has 2 aliphatic rings. The van der Waals surface area contributed by atoms with Crippen molar-refractivity contribution in [3.63, 3.8) is 0 Å². The maximum absolute atomic E-state index is 12.6. The summed E-state index contributed by atoms with van der Waals surface area (Å²) in [6, 6.07) is 9.87. The van der Waals surface area contributed by atoms with Gasteiger partial charge in [0.1, 0.15) is 23.5 Å². The lowest BCUT2D eigenvalue weighted by Crippen LogP contribution is -2.47. The number of ether oxygens (including phenoxy) is 1. The molecule has 0 unspecified atom stereocenters. The number of anilines is 1. The van der Waals surface area contributed by atoms with Crippen LogP contribution < -0.4 is 9.64 Å². The largest absolute Gasteiger partial charge is 0.484 e. The van der Waals surface area contributed by atoms with Gasteiger partial charge in [-0.1, -0.05) is 12.1 Å². The van der Waals surface area contributed by atoms with Crippen LogP contribution in [0.3, 0.4) is 0 Å². The van der Waals surface area contributed by atoms with Crippen LogP contribution in [0.4, 0.5) is 5.82 Å². The van der Waals surface area contributed by atoms with E-state index in [9.17, 15) is 9.90 Å². The average Bonchev–Trinajstić information content (AvgIpc) is 3.43. The number of benzene rings is 1. The van der Waals surface area contributed by atoms with E-state index in [-0.39, 0.29) is 19.1 Å². The molecule has 1 N–H and O–H groups in total. The summed E-state index contributed by atoms with van der Waals surface area (Å²) < 4.78 is 5.70. The number of rotatable bonds is 8. The Morgan fingerprint density at radius 2 is 1.94 bits per heavy atom. The number of carbonyl (C=O) groups is 1. The van der Waals surface area contributed by atoms with Crippen molar-refractivity contribution in [2.45, 2.75) is 38.3 Å². The van der Waals surface area contributed by atoms with Gasteiger partial charge in [0, 0.05) is 38.4 Å². The predicted octanol–water partition coefficient (Wildman–Crippen LogP) is 1.86. The molecule has 8 nitrogen and oxygen atoms in total. The third kappa shape index (κ3) is 5.75. The molecule has 172 valence electrons. The zero-order valence-corrected chi connectivity index (χ0v) is 19.0. The summed E-state index contributed by atoms with van der Waals surface area (Å²) in [5.74, 6) is 1.33. The van der Waals surface area contributed by atoms with Crippen molar-refractivity contribution >= 4 is 11.7 Å². The number of carbonyl (C=O) groups excluding carboxylic acids is 1. The minimum absolute atomic E-state index is 0.0487. The standard InChI is InChI=1S/C24H33N5O3/c1-19-13-22(26-18-25-19)29-12-9-24(31,17-29)16-27(2)23(30)15-32-21-7-5-20(6-8-21)14-28-10-3-4-11-28/h5-8,13,18,31H,3-4,9-12,14-17H2,1-2H3/t24-/m0/s1. The van der Waals surface area contributed by atoms with E-state index >= 15 is 0 Å². The van der Waals surface area contributed by atoms with Crippen LogP contribution in [0.5, 0.6) is 5.75 Å². The lowest BCUT2D eigenvalue weighted by atomic mass is 10.0. The number of aryl methyl sites for hydroxylation is 1. The van der Waals surface area contributed by atoms with Crippen LogP contribution in [0, 0.1) is 6.92 Å². The second-order valence-corrected chi connectivity index (χ2v) is 9.08. The monoisotopic (exact) mass is 439 g/mol. The van der Waals surface area contributed by atoms with Crippen molar-refractivity contribution in [1.82, 2.24) is 19.8 Å². The Morgan fingerprint density at radius 3 is 2.66 bits per heavy atom. The molecule has 4 rings (SSSR count). The van der Waals surface area contributed by atoms with Crippen LogP contribution in [0.15, 0.2) is 36.7 Å². The molecular weight excluding hydrogens is 406 g/mol. The van der Waals surface area contributed by atoms with Crippen LogP contribution >= 0.6 is 0 Å². The Bertz CT molecular complexity index is 916. The molecule has 2 aliphatic heterocycles. The second kappa shape index (κ2) is 9.83. The van der Waals surface area contributed by atoms with Crippen LogP contribution in [0.2, 0.25) is 0 Å². The molecule has 8 heteroatoms. The number of β-amino-alcohol motifs (C(OH)–C–C–N with tert-alkyl or cyclic N) is 1. The first-order chi connectivity index (χ1) is 15.4. The average molecular weight is 440 g/mol. The second-order valence-electron chi connectivity index (χ2n) is 9.08. The minimum atomic E-state index is -0.972. The van der Waals surface area contributed by atoms with E-state index < -0.39 is 5.60 Å². The molecule has 1 atom stereocenters. The number of aromatic nitrogens is 2. The van der Waals surface area contributed by atoms with Gasteiger partial charge in [-0.2, -0.15) is 0 Å². The highest BCUT2D eigenvalue weighted by molar-refractivity contribution is 5.77. The molecule has 1 aromatic carbocycles. The number of aliphatic hydroxyl groups is 1. The maximum Gasteiger partial charge on any atom is 0.260 e. The summed E-state index contributed by atoms with van der Waals surface area (Å²) in [5, 5.41) is 11.0. The molecule has 1 aromatic heterocycles. The SMILES string of the molecule is Cc1cc(N2CC[C@](O)(CN(C)C(=O)COc3ccc(CN4CCCC4)cc3)C2)ncn1. The van der Waals surface area contributed by atoms with Crippen molar-refractivity contribution in [3.05, 3.63) is 47.9 Å². The smallest absolute Gasteiger partial charge is 0.260 e. The summed E-state index contributed by atoms with van der Waals surface area (Å²) in [5.41, 5.74) is 1.18. The molecule has 1 amide bonds. The summed E-state index contributed by atoms with van der Waals surface area (Å²) in [6.45, 7) is 6.55. The third-order valence-corrected chi connectivity index (χ3v) is 6.29. The quantitative estimate of drug-likeness (QED) is 0.672. The molecular formula is C24H33N5O3. The van der Waals surface area contributed by atoms with Crippen molar-refractivity contribution in [2.24, 2.45) is 0 Å². The number of amides is 1. The zero-order valence-electron chi connectivity index (χ0n) is 19.0. The third-order valence-electron chi connectivity index (χ3n) is 6.29. The van der Waals surface area contributed by atoms with Gasteiger partial charge in [-0.15, -0.1) is 0 Å². The first-order valence-corrected chi connectivity index (χ1v) is 11.3. The topological polar surface area (TPSA) is 82.0 Å². The van der Waals surface area contributed by atoms with E-state index in [1.165, 1.54) is 37.8 Å². The van der Waals surface area contributed by atoms with Gasteiger partial charge in [-0.05, 0) is 57.0 Å². The van der Waals surface area contributed by atoms with Crippen LogP contribution in [-0.2, 0) is 11.3 Å². The van der Waals surface area contributed by atoms with E-state index in [1.54, 1.807) is 11.9 Å². The van der Waals surface area contributed by atoms with E-state index in [0.29, 0.717) is 25.3 Å². The van der Waals surface area contributed by atoms with Gasteiger partial charge in [0.05, 0.1) is 6.54 Å². The van der Waals surface area contributed by atoms with Crippen LogP contribution in [-0.4, -0.2) is 82.8 Å². The number of nitrogens with zero attached hydrogens (tertiary/aromatic N) is 5. The van der Waals surface area contributed by atoms with Gasteiger partial charge in [0.2, 0.25) is 0 Å². The van der Waals surface area contributed by atoms with Gasteiger partial charge in [0.25, 0.3) is 5.91 Å². The number of likely N-dealkylation sites (N-methyl/N-ethyl adjacent to an activating group) is 1. The van der Waals surface area contributed by atoms with Gasteiger partial charge in [0.15, 0.2) is 6.61 Å². The van der Waals surface area contributed by atoms with E-state index in [2.05, 4.69) is 27.0 Å². The molecule has 2 saturated heterocycles. The van der Waals surface area contributed by atoms with Gasteiger partial charge < -0.3 is 19.6 Å². The highest BCUT2D eigenvalue weighted by atomic mass is 16.5. The first-order valence-electron chi connectivity index (χ1n) is 11.3. The van der Waals surface area contributed by atoms with E-state index in [4.69, 9.17) is 4.74 Å². The number of likely N-dealkylation sites (tertiary alicyclic amines) is 1. The minimum Gasteiger partial charge on any atom is -0.484 e. The molecule has 0 radical (unpaired) electrons. The molecule has 2 fully saturated rings. The Kier molecular flexibility index (Phi) is 6.91. The van der Waals surface area contributed by atoms with Gasteiger partial charge in [-0.3, -0.25) is 9.69 Å². The van der Waals surface area contributed by atoms with Crippen LogP contribution in [0.1, 0.15) is 30.5 Å². The van der Waals surface area contributed by atoms with Crippen molar-refractivity contribution in [1.29, 1.82) is 0 Å². The summed E-state index contributed by atoms with van der Waals surface area (Å²) in [7, 11) is 1.71. The van der Waals surface area contributed by atoms with Gasteiger partial charge in [-0.25, -0.2) is 9.97 Å². The Labute approximate surface area is 189 Å². The highest BCUT2D eigenvalue weighted by Crippen LogP contribution is 2.26. The molecule has 2 aromatic rings. The number of hydrogen-bond donors (Lipinski definition) is 1. The Morgan fingerprint density at radius 1 is 1.19 bits per heavy atom. The Hall–Kier alpha value is -2.71. The van der Waals surface area contributed by atoms with Crippen molar-refractivity contribution in [2.75, 3.05) is 51.3 Å². The highest BCUT2D eigenvalue weighted by Gasteiger charge is 2.38. The summed E-state index contributed by atoms with van der Waals surface area (Å²) in [6.07, 6.45) is 4.68. The van der Waals surface area contributed by atoms with E-state index in [1.807, 2.05) is 30.0 Å². The van der Waals surface area contributed by atoms with Gasteiger partial charge >= 0.3 is 0 Å². The summed E-state index contributed by atoms with van der Waals surface area (Å²) in [4.78, 5) is 27.1. The van der Waals surface area contributed by atoms with Crippen LogP contribution in [0.25, 0.3) is 0 Å². The van der Waals surface area contributed by atoms with Crippen molar-refractivity contribution in [3.8, 4) is 5.75 Å². The lowest BCUT2D eigenvalue weighted by Gasteiger charge is -2.29. The molecule has 32 heavy (non-hydrogen) atoms. The fourth-order valence-electron chi connectivity index (χ4n) is 4.47. The molecule has 3 heterocycles. The molecule has 0 spiro atoms. The summed E-state index contributed by atoms with van der Waals surface area (Å²) >= 11 is 0. The fraction of sp³-hybridized carbons (Fsp3) is 0.542. The molecule has 0 saturated carbocycles. The van der Waals surface area contributed by atoms with Crippen molar-refractivity contribution < 1.29 is 14.6 Å². The van der Waals surface area contributed by atoms with E-state index in [0.717, 1.165) is 18.1 Å². The fourth-order valence-corrected chi connectivity index (χ4v) is 4.47. The Balaban J connectivity index is 1.24.